The summed E-state index contributed by atoms with van der Waals surface area (Å²) in [6, 6.07) is 0. The van der Waals surface area contributed by atoms with Crippen molar-refractivity contribution in [3.8, 4) is 0 Å². The molecule has 0 aromatic heterocycles. The number of rotatable bonds is 14. The highest BCUT2D eigenvalue weighted by Crippen LogP contribution is 2.42. The number of esters is 1. The van der Waals surface area contributed by atoms with Crippen LogP contribution in [-0.4, -0.2) is 45.2 Å². The Kier molecular flexibility index (Phi) is 12.5. The lowest BCUT2D eigenvalue weighted by atomic mass is 9.97. The summed E-state index contributed by atoms with van der Waals surface area (Å²) in [6.45, 7) is 7.50. The predicted octanol–water partition coefficient (Wildman–Crippen LogP) is 5.04. The monoisotopic (exact) mass is 456 g/mol. The Labute approximate surface area is 191 Å². The van der Waals surface area contributed by atoms with Gasteiger partial charge in [0.2, 0.25) is 0 Å². The quantitative estimate of drug-likeness (QED) is 0.191. The van der Waals surface area contributed by atoms with Crippen LogP contribution in [0.3, 0.4) is 0 Å². The molecule has 1 rings (SSSR count). The summed E-state index contributed by atoms with van der Waals surface area (Å²) in [5, 5.41) is 29.6. The Bertz CT molecular complexity index is 634. The predicted molar refractivity (Wildman–Crippen MR) is 125 cm³/mol. The van der Waals surface area contributed by atoms with Gasteiger partial charge in [-0.2, -0.15) is 0 Å². The fourth-order valence-corrected chi connectivity index (χ4v) is 4.49. The first-order chi connectivity index (χ1) is 14.6. The largest absolute Gasteiger partial charge is 0.481 e. The molecule has 0 bridgehead atoms. The standard InChI is InChI=1S/C24H40O6S/c1-5-6-8-11-17(25)13-14-18-19(26)16-20(30-23(29)24(2,3)4)22(18)31-15-10-7-9-12-21(27)28/h13-14,17-19,25-26H,5-12,15-16H2,1-4H3,(H,27,28)/t17-,18-,19+/m0/s1. The summed E-state index contributed by atoms with van der Waals surface area (Å²) < 4.78 is 5.67. The van der Waals surface area contributed by atoms with E-state index in [1.807, 2.05) is 6.08 Å². The topological polar surface area (TPSA) is 104 Å². The van der Waals surface area contributed by atoms with Gasteiger partial charge in [0.1, 0.15) is 5.76 Å². The third-order valence-corrected chi connectivity index (χ3v) is 6.46. The summed E-state index contributed by atoms with van der Waals surface area (Å²) in [5.74, 6) is -0.167. The maximum atomic E-state index is 12.4. The van der Waals surface area contributed by atoms with Crippen LogP contribution >= 0.6 is 11.8 Å². The number of aliphatic hydroxyl groups excluding tert-OH is 2. The van der Waals surface area contributed by atoms with Crippen LogP contribution in [-0.2, 0) is 14.3 Å². The number of aliphatic carboxylic acids is 1. The molecule has 0 aromatic carbocycles. The van der Waals surface area contributed by atoms with E-state index in [2.05, 4.69) is 6.92 Å². The van der Waals surface area contributed by atoms with Gasteiger partial charge in [-0.25, -0.2) is 0 Å². The van der Waals surface area contributed by atoms with E-state index >= 15 is 0 Å². The van der Waals surface area contributed by atoms with Gasteiger partial charge in [0.15, 0.2) is 0 Å². The van der Waals surface area contributed by atoms with Gasteiger partial charge >= 0.3 is 11.9 Å². The molecule has 1 aliphatic rings. The lowest BCUT2D eigenvalue weighted by Gasteiger charge is -2.18. The average molecular weight is 457 g/mol. The average Bonchev–Trinajstić information content (AvgIpc) is 2.96. The summed E-state index contributed by atoms with van der Waals surface area (Å²) in [5.41, 5.74) is -0.645. The molecule has 0 fully saturated rings. The molecule has 0 spiro atoms. The fourth-order valence-electron chi connectivity index (χ4n) is 3.21. The van der Waals surface area contributed by atoms with E-state index in [0.29, 0.717) is 18.6 Å². The van der Waals surface area contributed by atoms with Crippen molar-refractivity contribution in [2.24, 2.45) is 11.3 Å². The van der Waals surface area contributed by atoms with Crippen LogP contribution in [0.15, 0.2) is 22.8 Å². The highest BCUT2D eigenvalue weighted by molar-refractivity contribution is 8.03. The molecule has 6 nitrogen and oxygen atoms in total. The number of carbonyl (C=O) groups is 2. The van der Waals surface area contributed by atoms with E-state index in [0.717, 1.165) is 42.8 Å². The molecule has 7 heteroatoms. The molecule has 178 valence electrons. The smallest absolute Gasteiger partial charge is 0.316 e. The van der Waals surface area contributed by atoms with Crippen LogP contribution in [0.4, 0.5) is 0 Å². The Balaban J connectivity index is 2.83. The number of carboxylic acid groups (broad SMARTS) is 1. The zero-order valence-electron chi connectivity index (χ0n) is 19.4. The van der Waals surface area contributed by atoms with Gasteiger partial charge in [-0.05, 0) is 45.8 Å². The minimum Gasteiger partial charge on any atom is -0.481 e. The number of aliphatic hydroxyl groups is 2. The maximum absolute atomic E-state index is 12.4. The molecule has 0 radical (unpaired) electrons. The van der Waals surface area contributed by atoms with Crippen LogP contribution in [0, 0.1) is 11.3 Å². The molecule has 0 saturated carbocycles. The lowest BCUT2D eigenvalue weighted by Crippen LogP contribution is -2.22. The number of hydrogen-bond acceptors (Lipinski definition) is 6. The molecule has 0 saturated heterocycles. The van der Waals surface area contributed by atoms with Gasteiger partial charge in [-0.1, -0.05) is 44.8 Å². The number of unbranched alkanes of at least 4 members (excludes halogenated alkanes) is 4. The molecule has 31 heavy (non-hydrogen) atoms. The lowest BCUT2D eigenvalue weighted by molar-refractivity contribution is -0.148. The van der Waals surface area contributed by atoms with Crippen LogP contribution < -0.4 is 0 Å². The first-order valence-electron chi connectivity index (χ1n) is 11.4. The molecule has 3 atom stereocenters. The van der Waals surface area contributed by atoms with Crippen LogP contribution in [0.25, 0.3) is 0 Å². The zero-order chi connectivity index (χ0) is 23.4. The third-order valence-electron chi connectivity index (χ3n) is 5.15. The van der Waals surface area contributed by atoms with Crippen molar-refractivity contribution >= 4 is 23.7 Å². The summed E-state index contributed by atoms with van der Waals surface area (Å²) >= 11 is 1.55. The fraction of sp³-hybridized carbons (Fsp3) is 0.750. The molecule has 1 aliphatic carbocycles. The SMILES string of the molecule is CCCCC[C@H](O)C=C[C@@H]1C(SCCCCCC(=O)O)=C(OC(=O)C(C)(C)C)C[C@H]1O. The van der Waals surface area contributed by atoms with Crippen molar-refractivity contribution in [2.75, 3.05) is 5.75 Å². The number of hydrogen-bond donors (Lipinski definition) is 3. The van der Waals surface area contributed by atoms with E-state index in [1.54, 1.807) is 38.6 Å². The van der Waals surface area contributed by atoms with E-state index < -0.39 is 23.6 Å². The number of ether oxygens (including phenoxy) is 1. The first kappa shape index (κ1) is 27.7. The normalized spacial score (nSPS) is 20.5. The number of thioether (sulfide) groups is 1. The Morgan fingerprint density at radius 3 is 2.52 bits per heavy atom. The first-order valence-corrected chi connectivity index (χ1v) is 12.4. The van der Waals surface area contributed by atoms with Gasteiger partial charge in [0, 0.05) is 23.7 Å². The number of carbonyl (C=O) groups excluding carboxylic acids is 1. The minimum atomic E-state index is -0.784. The third kappa shape index (κ3) is 10.7. The molecular formula is C24H40O6S. The van der Waals surface area contributed by atoms with E-state index in [4.69, 9.17) is 9.84 Å². The second-order valence-corrected chi connectivity index (χ2v) is 10.4. The maximum Gasteiger partial charge on any atom is 0.316 e. The van der Waals surface area contributed by atoms with Gasteiger partial charge < -0.3 is 20.1 Å². The Morgan fingerprint density at radius 2 is 1.90 bits per heavy atom. The molecule has 0 unspecified atom stereocenters. The summed E-state index contributed by atoms with van der Waals surface area (Å²) in [7, 11) is 0. The zero-order valence-corrected chi connectivity index (χ0v) is 20.2. The van der Waals surface area contributed by atoms with Crippen molar-refractivity contribution in [1.82, 2.24) is 0 Å². The molecule has 0 heterocycles. The molecule has 3 N–H and O–H groups in total. The molecular weight excluding hydrogens is 416 g/mol. The van der Waals surface area contributed by atoms with Crippen LogP contribution in [0.2, 0.25) is 0 Å². The van der Waals surface area contributed by atoms with Crippen molar-refractivity contribution in [1.29, 1.82) is 0 Å². The van der Waals surface area contributed by atoms with Gasteiger partial charge in [-0.3, -0.25) is 9.59 Å². The summed E-state index contributed by atoms with van der Waals surface area (Å²) in [6.07, 6.45) is 8.87. The summed E-state index contributed by atoms with van der Waals surface area (Å²) in [4.78, 5) is 23.9. The van der Waals surface area contributed by atoms with Crippen LogP contribution in [0.1, 0.15) is 85.5 Å². The van der Waals surface area contributed by atoms with Gasteiger partial charge in [0.05, 0.1) is 17.6 Å². The second kappa shape index (κ2) is 14.0. The minimum absolute atomic E-state index is 0.168. The molecule has 0 aliphatic heterocycles. The second-order valence-electron chi connectivity index (χ2n) is 9.23. The van der Waals surface area contributed by atoms with E-state index in [1.165, 1.54) is 0 Å². The highest BCUT2D eigenvalue weighted by atomic mass is 32.2. The molecule has 0 amide bonds. The van der Waals surface area contributed by atoms with Crippen molar-refractivity contribution < 1.29 is 29.6 Å². The van der Waals surface area contributed by atoms with Crippen molar-refractivity contribution in [3.05, 3.63) is 22.8 Å². The van der Waals surface area contributed by atoms with Crippen molar-refractivity contribution in [2.45, 2.75) is 97.7 Å². The number of carboxylic acids is 1. The van der Waals surface area contributed by atoms with E-state index in [9.17, 15) is 19.8 Å². The van der Waals surface area contributed by atoms with Crippen LogP contribution in [0.5, 0.6) is 0 Å². The Hall–Kier alpha value is -1.31. The van der Waals surface area contributed by atoms with Gasteiger partial charge in [-0.15, -0.1) is 11.8 Å². The van der Waals surface area contributed by atoms with E-state index in [-0.39, 0.29) is 24.7 Å². The molecule has 0 aromatic rings. The highest BCUT2D eigenvalue weighted by Gasteiger charge is 2.36. The van der Waals surface area contributed by atoms with Crippen molar-refractivity contribution in [3.63, 3.8) is 0 Å². The Morgan fingerprint density at radius 1 is 1.19 bits per heavy atom. The van der Waals surface area contributed by atoms with Gasteiger partial charge in [0.25, 0.3) is 0 Å².